The fourth-order valence-corrected chi connectivity index (χ4v) is 2.75. The first-order valence-corrected chi connectivity index (χ1v) is 7.42. The van der Waals surface area contributed by atoms with Crippen LogP contribution in [0.4, 0.5) is 8.78 Å². The van der Waals surface area contributed by atoms with Gasteiger partial charge in [-0.05, 0) is 18.9 Å². The van der Waals surface area contributed by atoms with Crippen molar-refractivity contribution in [3.63, 3.8) is 0 Å². The van der Waals surface area contributed by atoms with Crippen LogP contribution in [-0.2, 0) is 11.2 Å². The zero-order valence-corrected chi connectivity index (χ0v) is 12.0. The zero-order valence-electron chi connectivity index (χ0n) is 12.0. The van der Waals surface area contributed by atoms with E-state index < -0.39 is 23.1 Å². The molecule has 1 amide bonds. The molecule has 1 aliphatic rings. The van der Waals surface area contributed by atoms with Crippen LogP contribution in [0.15, 0.2) is 18.2 Å². The molecule has 0 atom stereocenters. The van der Waals surface area contributed by atoms with Crippen molar-refractivity contribution in [2.45, 2.75) is 50.5 Å². The molecule has 1 fully saturated rings. The maximum absolute atomic E-state index is 13.5. The van der Waals surface area contributed by atoms with Gasteiger partial charge in [0.1, 0.15) is 0 Å². The second-order valence-electron chi connectivity index (χ2n) is 5.81. The molecular weight excluding hydrogens is 276 g/mol. The summed E-state index contributed by atoms with van der Waals surface area (Å²) in [6, 6.07) is 3.78. The fraction of sp³-hybridized carbons (Fsp3) is 0.562. The third-order valence-corrected chi connectivity index (χ3v) is 4.03. The number of nitrogens with one attached hydrogen (secondary N) is 1. The molecule has 116 valence electrons. The van der Waals surface area contributed by atoms with Gasteiger partial charge < -0.3 is 10.4 Å². The molecule has 21 heavy (non-hydrogen) atoms. The number of halogens is 2. The lowest BCUT2D eigenvalue weighted by atomic mass is 9.94. The quantitative estimate of drug-likeness (QED) is 0.840. The smallest absolute Gasteiger partial charge is 0.224 e. The molecule has 0 heterocycles. The fourth-order valence-electron chi connectivity index (χ4n) is 2.75. The lowest BCUT2D eigenvalue weighted by molar-refractivity contribution is -0.121. The summed E-state index contributed by atoms with van der Waals surface area (Å²) >= 11 is 0. The topological polar surface area (TPSA) is 49.3 Å². The minimum absolute atomic E-state index is 0.0281. The van der Waals surface area contributed by atoms with E-state index >= 15 is 0 Å². The van der Waals surface area contributed by atoms with E-state index in [9.17, 15) is 18.7 Å². The van der Waals surface area contributed by atoms with Crippen LogP contribution in [0.3, 0.4) is 0 Å². The zero-order chi connectivity index (χ0) is 15.3. The summed E-state index contributed by atoms with van der Waals surface area (Å²) in [6.45, 7) is 0.169. The van der Waals surface area contributed by atoms with E-state index in [0.29, 0.717) is 12.8 Å². The highest BCUT2D eigenvalue weighted by atomic mass is 19.2. The molecule has 1 saturated carbocycles. The molecule has 1 aromatic rings. The van der Waals surface area contributed by atoms with Gasteiger partial charge in [0, 0.05) is 12.1 Å². The summed E-state index contributed by atoms with van der Waals surface area (Å²) in [7, 11) is 0. The maximum atomic E-state index is 13.5. The Hall–Kier alpha value is -1.49. The van der Waals surface area contributed by atoms with Gasteiger partial charge in [0.05, 0.1) is 12.0 Å². The predicted octanol–water partition coefficient (Wildman–Crippen LogP) is 2.71. The van der Waals surface area contributed by atoms with Crippen LogP contribution in [0.25, 0.3) is 0 Å². The lowest BCUT2D eigenvalue weighted by Crippen LogP contribution is -2.43. The van der Waals surface area contributed by atoms with Crippen LogP contribution < -0.4 is 5.32 Å². The Labute approximate surface area is 123 Å². The van der Waals surface area contributed by atoms with Gasteiger partial charge in [-0.25, -0.2) is 8.78 Å². The molecule has 0 aromatic heterocycles. The van der Waals surface area contributed by atoms with Crippen molar-refractivity contribution in [3.8, 4) is 0 Å². The Balaban J connectivity index is 1.88. The third kappa shape index (κ3) is 4.49. The van der Waals surface area contributed by atoms with Crippen LogP contribution in [0.2, 0.25) is 0 Å². The molecule has 0 radical (unpaired) electrons. The highest BCUT2D eigenvalue weighted by Crippen LogP contribution is 2.26. The Kier molecular flexibility index (Phi) is 5.28. The second kappa shape index (κ2) is 6.98. The number of benzene rings is 1. The number of aliphatic hydroxyl groups is 1. The van der Waals surface area contributed by atoms with Gasteiger partial charge in [-0.1, -0.05) is 37.8 Å². The Morgan fingerprint density at radius 3 is 2.52 bits per heavy atom. The molecule has 0 saturated heterocycles. The Morgan fingerprint density at radius 1 is 1.19 bits per heavy atom. The van der Waals surface area contributed by atoms with Crippen molar-refractivity contribution in [1.82, 2.24) is 5.32 Å². The predicted molar refractivity (Wildman–Crippen MR) is 75.7 cm³/mol. The first-order valence-electron chi connectivity index (χ1n) is 7.42. The largest absolute Gasteiger partial charge is 0.388 e. The average Bonchev–Trinajstić information content (AvgIpc) is 2.67. The summed E-state index contributed by atoms with van der Waals surface area (Å²) in [5, 5.41) is 13.1. The van der Waals surface area contributed by atoms with Crippen LogP contribution >= 0.6 is 0 Å². The molecule has 1 aromatic carbocycles. The Bertz CT molecular complexity index is 497. The van der Waals surface area contributed by atoms with Crippen LogP contribution in [-0.4, -0.2) is 23.2 Å². The number of amides is 1. The van der Waals surface area contributed by atoms with E-state index in [0.717, 1.165) is 31.7 Å². The van der Waals surface area contributed by atoms with E-state index in [4.69, 9.17) is 0 Å². The van der Waals surface area contributed by atoms with Crippen LogP contribution in [0.5, 0.6) is 0 Å². The van der Waals surface area contributed by atoms with Gasteiger partial charge in [0.25, 0.3) is 0 Å². The minimum atomic E-state index is -0.985. The maximum Gasteiger partial charge on any atom is 0.224 e. The molecule has 5 heteroatoms. The lowest BCUT2D eigenvalue weighted by Gasteiger charge is -2.26. The second-order valence-corrected chi connectivity index (χ2v) is 5.81. The summed E-state index contributed by atoms with van der Waals surface area (Å²) in [4.78, 5) is 11.8. The summed E-state index contributed by atoms with van der Waals surface area (Å²) in [6.07, 6.45) is 5.22. The number of carbonyl (C=O) groups is 1. The Morgan fingerprint density at radius 2 is 1.86 bits per heavy atom. The SMILES string of the molecule is O=C(Cc1cccc(F)c1F)NCC1(O)CCCCCC1. The average molecular weight is 297 g/mol. The first kappa shape index (κ1) is 15.9. The van der Waals surface area contributed by atoms with E-state index in [-0.39, 0.29) is 18.5 Å². The van der Waals surface area contributed by atoms with Crippen LogP contribution in [0.1, 0.15) is 44.1 Å². The van der Waals surface area contributed by atoms with Crippen molar-refractivity contribution >= 4 is 5.91 Å². The van der Waals surface area contributed by atoms with Crippen molar-refractivity contribution in [3.05, 3.63) is 35.4 Å². The van der Waals surface area contributed by atoms with E-state index in [1.165, 1.54) is 12.1 Å². The van der Waals surface area contributed by atoms with Crippen molar-refractivity contribution in [2.24, 2.45) is 0 Å². The number of rotatable bonds is 4. The van der Waals surface area contributed by atoms with Gasteiger partial charge in [0.15, 0.2) is 11.6 Å². The van der Waals surface area contributed by atoms with Gasteiger partial charge in [0.2, 0.25) is 5.91 Å². The summed E-state index contributed by atoms with van der Waals surface area (Å²) < 4.78 is 26.5. The van der Waals surface area contributed by atoms with E-state index in [2.05, 4.69) is 5.32 Å². The van der Waals surface area contributed by atoms with Gasteiger partial charge in [-0.2, -0.15) is 0 Å². The molecule has 1 aliphatic carbocycles. The number of hydrogen-bond donors (Lipinski definition) is 2. The van der Waals surface area contributed by atoms with Gasteiger partial charge in [-0.15, -0.1) is 0 Å². The molecule has 0 unspecified atom stereocenters. The molecule has 0 aliphatic heterocycles. The minimum Gasteiger partial charge on any atom is -0.388 e. The number of carbonyl (C=O) groups excluding carboxylic acids is 1. The van der Waals surface area contributed by atoms with E-state index in [1.807, 2.05) is 0 Å². The van der Waals surface area contributed by atoms with Crippen molar-refractivity contribution in [2.75, 3.05) is 6.54 Å². The summed E-state index contributed by atoms with van der Waals surface area (Å²) in [5.41, 5.74) is -0.840. The van der Waals surface area contributed by atoms with Crippen molar-refractivity contribution in [1.29, 1.82) is 0 Å². The first-order chi connectivity index (χ1) is 10.0. The normalized spacial score (nSPS) is 18.0. The van der Waals surface area contributed by atoms with E-state index in [1.54, 1.807) is 0 Å². The standard InChI is InChI=1S/C16H21F2NO2/c17-13-7-5-6-12(15(13)18)10-14(20)19-11-16(21)8-3-1-2-4-9-16/h5-7,21H,1-4,8-11H2,(H,19,20). The van der Waals surface area contributed by atoms with Crippen LogP contribution in [0, 0.1) is 11.6 Å². The molecule has 2 N–H and O–H groups in total. The molecule has 0 spiro atoms. The van der Waals surface area contributed by atoms with Gasteiger partial charge >= 0.3 is 0 Å². The molecule has 0 bridgehead atoms. The van der Waals surface area contributed by atoms with Gasteiger partial charge in [-0.3, -0.25) is 4.79 Å². The third-order valence-electron chi connectivity index (χ3n) is 4.03. The molecule has 2 rings (SSSR count). The monoisotopic (exact) mass is 297 g/mol. The van der Waals surface area contributed by atoms with Crippen molar-refractivity contribution < 1.29 is 18.7 Å². The molecule has 3 nitrogen and oxygen atoms in total. The number of hydrogen-bond acceptors (Lipinski definition) is 2. The summed E-state index contributed by atoms with van der Waals surface area (Å²) in [5.74, 6) is -2.35. The molecular formula is C16H21F2NO2. The highest BCUT2D eigenvalue weighted by molar-refractivity contribution is 5.78. The highest BCUT2D eigenvalue weighted by Gasteiger charge is 2.28.